The maximum absolute atomic E-state index is 13.0. The van der Waals surface area contributed by atoms with E-state index in [1.54, 1.807) is 38.2 Å². The Morgan fingerprint density at radius 3 is 1.73 bits per heavy atom. The number of carbonyl (C=O) groups excluding carboxylic acids is 2. The first kappa shape index (κ1) is 33.3. The largest absolute Gasteiger partial charge is 0.471 e. The van der Waals surface area contributed by atoms with E-state index < -0.39 is 44.1 Å². The standard InChI is InChI=1S/C31H42F3NO4Si/c1-22(2)26(21-15-20-25(27(36)38-29(3,4)5)35-28(37)31(32,33)34)39-40(30(6,7)8,23-16-11-9-12-17-23)24-18-13-10-14-19-24/h9-19,21-22,25-26H,20H2,1-8H3,(H,35,37)/b21-15+/t25-,26+/m0/s1. The molecule has 0 spiro atoms. The van der Waals surface area contributed by atoms with Crippen molar-refractivity contribution in [2.24, 2.45) is 5.92 Å². The number of hydrogen-bond donors (Lipinski definition) is 1. The van der Waals surface area contributed by atoms with Gasteiger partial charge >= 0.3 is 18.1 Å². The number of alkyl halides is 3. The van der Waals surface area contributed by atoms with Gasteiger partial charge in [0.05, 0.1) is 6.10 Å². The van der Waals surface area contributed by atoms with Gasteiger partial charge in [0.15, 0.2) is 0 Å². The van der Waals surface area contributed by atoms with Crippen molar-refractivity contribution < 1.29 is 31.9 Å². The third-order valence-electron chi connectivity index (χ3n) is 6.34. The Morgan fingerprint density at radius 2 is 1.35 bits per heavy atom. The van der Waals surface area contributed by atoms with Crippen molar-refractivity contribution in [1.29, 1.82) is 0 Å². The Balaban J connectivity index is 2.48. The van der Waals surface area contributed by atoms with E-state index in [9.17, 15) is 22.8 Å². The van der Waals surface area contributed by atoms with Crippen LogP contribution in [-0.4, -0.2) is 44.1 Å². The highest BCUT2D eigenvalue weighted by atomic mass is 28.4. The lowest BCUT2D eigenvalue weighted by Crippen LogP contribution is -2.68. The molecule has 0 saturated carbocycles. The SMILES string of the molecule is CC(C)[C@@H](/C=C/C[C@H](NC(=O)C(F)(F)F)C(=O)OC(C)(C)C)O[Si](c1ccccc1)(c1ccccc1)C(C)(C)C. The maximum atomic E-state index is 13.0. The van der Waals surface area contributed by atoms with Crippen molar-refractivity contribution in [3.8, 4) is 0 Å². The summed E-state index contributed by atoms with van der Waals surface area (Å²) in [6.07, 6.45) is -2.38. The van der Waals surface area contributed by atoms with Crippen molar-refractivity contribution in [1.82, 2.24) is 5.32 Å². The summed E-state index contributed by atoms with van der Waals surface area (Å²) in [4.78, 5) is 24.4. The number of rotatable bonds is 10. The van der Waals surface area contributed by atoms with Gasteiger partial charge in [-0.1, -0.05) is 107 Å². The fourth-order valence-corrected chi connectivity index (χ4v) is 9.24. The minimum Gasteiger partial charge on any atom is -0.458 e. The Kier molecular flexibility index (Phi) is 11.0. The van der Waals surface area contributed by atoms with Gasteiger partial charge in [-0.05, 0) is 48.5 Å². The summed E-state index contributed by atoms with van der Waals surface area (Å²) < 4.78 is 51.4. The number of benzene rings is 2. The zero-order valence-electron chi connectivity index (χ0n) is 24.6. The number of amides is 1. The first-order chi connectivity index (χ1) is 18.4. The summed E-state index contributed by atoms with van der Waals surface area (Å²) in [5, 5.41) is 3.69. The maximum Gasteiger partial charge on any atom is 0.471 e. The Bertz CT molecular complexity index is 1100. The predicted molar refractivity (Wildman–Crippen MR) is 155 cm³/mol. The molecule has 0 saturated heterocycles. The molecule has 0 aliphatic rings. The van der Waals surface area contributed by atoms with E-state index in [1.807, 2.05) is 50.2 Å². The molecule has 0 aromatic heterocycles. The fraction of sp³-hybridized carbons (Fsp3) is 0.484. The van der Waals surface area contributed by atoms with Gasteiger partial charge in [0.25, 0.3) is 8.32 Å². The summed E-state index contributed by atoms with van der Waals surface area (Å²) in [6, 6.07) is 18.7. The molecule has 0 unspecified atom stereocenters. The van der Waals surface area contributed by atoms with E-state index in [0.29, 0.717) is 0 Å². The first-order valence-corrected chi connectivity index (χ1v) is 15.4. The highest BCUT2D eigenvalue weighted by Gasteiger charge is 2.51. The summed E-state index contributed by atoms with van der Waals surface area (Å²) >= 11 is 0. The topological polar surface area (TPSA) is 64.6 Å². The zero-order valence-corrected chi connectivity index (χ0v) is 25.6. The molecule has 5 nitrogen and oxygen atoms in total. The van der Waals surface area contributed by atoms with Gasteiger partial charge in [-0.3, -0.25) is 4.79 Å². The molecule has 2 aromatic carbocycles. The van der Waals surface area contributed by atoms with Crippen molar-refractivity contribution in [2.45, 2.75) is 90.8 Å². The van der Waals surface area contributed by atoms with Crippen molar-refractivity contribution in [3.05, 3.63) is 72.8 Å². The van der Waals surface area contributed by atoms with Gasteiger partial charge in [-0.15, -0.1) is 0 Å². The molecule has 1 amide bonds. The van der Waals surface area contributed by atoms with Crippen LogP contribution in [0, 0.1) is 5.92 Å². The van der Waals surface area contributed by atoms with E-state index in [-0.39, 0.29) is 17.4 Å². The van der Waals surface area contributed by atoms with Gasteiger partial charge in [0.1, 0.15) is 11.6 Å². The number of ether oxygens (including phenoxy) is 1. The van der Waals surface area contributed by atoms with E-state index >= 15 is 0 Å². The highest BCUT2D eigenvalue weighted by molar-refractivity contribution is 6.99. The molecule has 2 atom stereocenters. The molecular formula is C31H42F3NO4Si. The van der Waals surface area contributed by atoms with Gasteiger partial charge in [0.2, 0.25) is 0 Å². The quantitative estimate of drug-likeness (QED) is 0.216. The van der Waals surface area contributed by atoms with Gasteiger partial charge in [-0.25, -0.2) is 4.79 Å². The van der Waals surface area contributed by atoms with Crippen LogP contribution in [0.1, 0.15) is 61.8 Å². The van der Waals surface area contributed by atoms with Crippen LogP contribution in [0.4, 0.5) is 13.2 Å². The minimum atomic E-state index is -5.13. The smallest absolute Gasteiger partial charge is 0.458 e. The summed E-state index contributed by atoms with van der Waals surface area (Å²) in [5.41, 5.74) is -0.936. The fourth-order valence-electron chi connectivity index (χ4n) is 4.47. The Hall–Kier alpha value is -2.91. The lowest BCUT2D eigenvalue weighted by atomic mass is 10.1. The average molecular weight is 578 g/mol. The van der Waals surface area contributed by atoms with Gasteiger partial charge in [-0.2, -0.15) is 13.2 Å². The normalized spacial score (nSPS) is 14.7. The molecule has 0 heterocycles. The molecule has 0 aliphatic heterocycles. The zero-order chi connectivity index (χ0) is 30.4. The van der Waals surface area contributed by atoms with Crippen LogP contribution in [0.5, 0.6) is 0 Å². The second-order valence-electron chi connectivity index (χ2n) is 12.2. The Labute approximate surface area is 237 Å². The molecule has 9 heteroatoms. The molecular weight excluding hydrogens is 535 g/mol. The van der Waals surface area contributed by atoms with Crippen LogP contribution in [0.2, 0.25) is 5.04 Å². The molecule has 220 valence electrons. The van der Waals surface area contributed by atoms with E-state index in [1.165, 1.54) is 0 Å². The third kappa shape index (κ3) is 8.79. The van der Waals surface area contributed by atoms with Crippen molar-refractivity contribution in [2.75, 3.05) is 0 Å². The average Bonchev–Trinajstić information content (AvgIpc) is 2.83. The van der Waals surface area contributed by atoms with Gasteiger partial charge < -0.3 is 14.5 Å². The number of esters is 1. The molecule has 0 bridgehead atoms. The molecule has 2 aromatic rings. The van der Waals surface area contributed by atoms with E-state index in [2.05, 4.69) is 45.0 Å². The molecule has 2 rings (SSSR count). The number of halogens is 3. The lowest BCUT2D eigenvalue weighted by molar-refractivity contribution is -0.177. The third-order valence-corrected chi connectivity index (χ3v) is 11.4. The van der Waals surface area contributed by atoms with Crippen molar-refractivity contribution >= 4 is 30.6 Å². The second kappa shape index (κ2) is 13.2. The van der Waals surface area contributed by atoms with E-state index in [0.717, 1.165) is 10.4 Å². The second-order valence-corrected chi connectivity index (χ2v) is 16.5. The number of carbonyl (C=O) groups is 2. The van der Waals surface area contributed by atoms with Crippen LogP contribution in [0.3, 0.4) is 0 Å². The number of nitrogens with one attached hydrogen (secondary N) is 1. The number of hydrogen-bond acceptors (Lipinski definition) is 4. The van der Waals surface area contributed by atoms with Crippen LogP contribution < -0.4 is 15.7 Å². The summed E-state index contributed by atoms with van der Waals surface area (Å²) in [7, 11) is -2.92. The molecule has 0 radical (unpaired) electrons. The predicted octanol–water partition coefficient (Wildman–Crippen LogP) is 5.92. The Morgan fingerprint density at radius 1 is 0.875 bits per heavy atom. The van der Waals surface area contributed by atoms with Crippen LogP contribution >= 0.6 is 0 Å². The van der Waals surface area contributed by atoms with E-state index in [4.69, 9.17) is 9.16 Å². The molecule has 40 heavy (non-hydrogen) atoms. The molecule has 0 aliphatic carbocycles. The molecule has 0 fully saturated rings. The molecule has 1 N–H and O–H groups in total. The van der Waals surface area contributed by atoms with Gasteiger partial charge in [0, 0.05) is 0 Å². The lowest BCUT2D eigenvalue weighted by Gasteiger charge is -2.45. The minimum absolute atomic E-state index is 0.00245. The summed E-state index contributed by atoms with van der Waals surface area (Å²) in [6.45, 7) is 15.3. The van der Waals surface area contributed by atoms with Crippen LogP contribution in [0.25, 0.3) is 0 Å². The monoisotopic (exact) mass is 577 g/mol. The van der Waals surface area contributed by atoms with Crippen molar-refractivity contribution in [3.63, 3.8) is 0 Å². The highest BCUT2D eigenvalue weighted by Crippen LogP contribution is 2.38. The first-order valence-electron chi connectivity index (χ1n) is 13.4. The summed E-state index contributed by atoms with van der Waals surface area (Å²) in [5.74, 6) is -3.13. The van der Waals surface area contributed by atoms with Crippen LogP contribution in [0.15, 0.2) is 72.8 Å². The van der Waals surface area contributed by atoms with Crippen LogP contribution in [-0.2, 0) is 18.8 Å².